The fourth-order valence-electron chi connectivity index (χ4n) is 2.75. The third-order valence-corrected chi connectivity index (χ3v) is 3.95. The van der Waals surface area contributed by atoms with Crippen LogP contribution in [0.25, 0.3) is 11.0 Å². The van der Waals surface area contributed by atoms with E-state index < -0.39 is 0 Å². The van der Waals surface area contributed by atoms with Gasteiger partial charge in [-0.25, -0.2) is 4.98 Å². The molecular formula is C15H20N4O2. The molecule has 6 heteroatoms. The minimum Gasteiger partial charge on any atom is -0.324 e. The molecule has 2 heterocycles. The first-order chi connectivity index (χ1) is 10.2. The van der Waals surface area contributed by atoms with Crippen LogP contribution in [-0.4, -0.2) is 41.1 Å². The summed E-state index contributed by atoms with van der Waals surface area (Å²) in [6.45, 7) is 1.78. The van der Waals surface area contributed by atoms with Crippen molar-refractivity contribution >= 4 is 22.9 Å². The Morgan fingerprint density at radius 3 is 2.90 bits per heavy atom. The van der Waals surface area contributed by atoms with E-state index in [0.717, 1.165) is 37.0 Å². The van der Waals surface area contributed by atoms with Gasteiger partial charge in [-0.05, 0) is 30.9 Å². The van der Waals surface area contributed by atoms with E-state index in [9.17, 15) is 4.79 Å². The molecule has 1 amide bonds. The molecule has 1 aliphatic rings. The highest BCUT2D eigenvalue weighted by Crippen LogP contribution is 2.21. The Labute approximate surface area is 123 Å². The number of hydrogen-bond acceptors (Lipinski definition) is 4. The zero-order valence-corrected chi connectivity index (χ0v) is 12.1. The normalized spacial score (nSPS) is 17.2. The van der Waals surface area contributed by atoms with Crippen LogP contribution in [0, 0.1) is 5.92 Å². The first kappa shape index (κ1) is 14.0. The van der Waals surface area contributed by atoms with Crippen molar-refractivity contribution in [2.45, 2.75) is 19.3 Å². The van der Waals surface area contributed by atoms with Crippen LogP contribution in [0.2, 0.25) is 0 Å². The second-order valence-corrected chi connectivity index (χ2v) is 5.41. The van der Waals surface area contributed by atoms with Crippen molar-refractivity contribution in [2.75, 3.05) is 25.5 Å². The summed E-state index contributed by atoms with van der Waals surface area (Å²) in [5.41, 5.74) is 1.79. The fraction of sp³-hybridized carbons (Fsp3) is 0.467. The van der Waals surface area contributed by atoms with Gasteiger partial charge in [-0.15, -0.1) is 0 Å². The molecule has 1 saturated heterocycles. The quantitative estimate of drug-likeness (QED) is 0.904. The number of carbonyl (C=O) groups excluding carboxylic acids is 1. The maximum absolute atomic E-state index is 12.1. The summed E-state index contributed by atoms with van der Waals surface area (Å²) >= 11 is 0. The standard InChI is InChI=1S/C15H20N4O2/c1-21-19-8-6-11(7-9-19)10-14(20)18-15-16-12-4-2-3-5-13(12)17-15/h2-5,11H,6-10H2,1H3,(H2,16,17,18,20). The number of aromatic nitrogens is 2. The number of hydrogen-bond donors (Lipinski definition) is 2. The Hall–Kier alpha value is -1.92. The van der Waals surface area contributed by atoms with Gasteiger partial charge in [0.2, 0.25) is 11.9 Å². The average Bonchev–Trinajstić information content (AvgIpc) is 2.90. The number of amides is 1. The molecule has 0 unspecified atom stereocenters. The lowest BCUT2D eigenvalue weighted by atomic mass is 9.94. The van der Waals surface area contributed by atoms with Crippen LogP contribution in [-0.2, 0) is 9.63 Å². The maximum Gasteiger partial charge on any atom is 0.226 e. The lowest BCUT2D eigenvalue weighted by Gasteiger charge is -2.29. The van der Waals surface area contributed by atoms with Gasteiger partial charge < -0.3 is 9.82 Å². The SMILES string of the molecule is CON1CCC(CC(=O)Nc2nc3ccccc3[nH]2)CC1. The molecule has 1 fully saturated rings. The largest absolute Gasteiger partial charge is 0.324 e. The number of rotatable bonds is 4. The number of benzene rings is 1. The Kier molecular flexibility index (Phi) is 4.17. The van der Waals surface area contributed by atoms with Crippen molar-refractivity contribution in [1.29, 1.82) is 0 Å². The van der Waals surface area contributed by atoms with E-state index in [1.807, 2.05) is 29.3 Å². The second-order valence-electron chi connectivity index (χ2n) is 5.41. The monoisotopic (exact) mass is 288 g/mol. The topological polar surface area (TPSA) is 70.2 Å². The zero-order chi connectivity index (χ0) is 14.7. The van der Waals surface area contributed by atoms with Gasteiger partial charge in [0, 0.05) is 19.5 Å². The second kappa shape index (κ2) is 6.24. The smallest absolute Gasteiger partial charge is 0.226 e. The molecule has 6 nitrogen and oxygen atoms in total. The van der Waals surface area contributed by atoms with E-state index in [-0.39, 0.29) is 5.91 Å². The molecule has 3 rings (SSSR count). The fourth-order valence-corrected chi connectivity index (χ4v) is 2.75. The first-order valence-corrected chi connectivity index (χ1v) is 7.28. The summed E-state index contributed by atoms with van der Waals surface area (Å²) < 4.78 is 0. The zero-order valence-electron chi connectivity index (χ0n) is 12.1. The Balaban J connectivity index is 1.54. The van der Waals surface area contributed by atoms with Crippen LogP contribution < -0.4 is 5.32 Å². The highest BCUT2D eigenvalue weighted by Gasteiger charge is 2.21. The summed E-state index contributed by atoms with van der Waals surface area (Å²) in [5, 5.41) is 4.79. The number of H-pyrrole nitrogens is 1. The maximum atomic E-state index is 12.1. The molecule has 0 aliphatic carbocycles. The van der Waals surface area contributed by atoms with Gasteiger partial charge in [-0.1, -0.05) is 12.1 Å². The highest BCUT2D eigenvalue weighted by atomic mass is 16.7. The Morgan fingerprint density at radius 2 is 2.19 bits per heavy atom. The summed E-state index contributed by atoms with van der Waals surface area (Å²) in [6.07, 6.45) is 2.51. The number of nitrogens with zero attached hydrogens (tertiary/aromatic N) is 2. The Bertz CT molecular complexity index is 584. The minimum atomic E-state index is 0.0184. The van der Waals surface area contributed by atoms with Gasteiger partial charge >= 0.3 is 0 Å². The van der Waals surface area contributed by atoms with E-state index in [1.165, 1.54) is 0 Å². The predicted octanol–water partition coefficient (Wildman–Crippen LogP) is 2.16. The van der Waals surface area contributed by atoms with Crippen LogP contribution in [0.5, 0.6) is 0 Å². The third kappa shape index (κ3) is 3.40. The number of anilines is 1. The molecule has 21 heavy (non-hydrogen) atoms. The van der Waals surface area contributed by atoms with Crippen molar-refractivity contribution < 1.29 is 9.63 Å². The summed E-state index contributed by atoms with van der Waals surface area (Å²) in [6, 6.07) is 7.73. The van der Waals surface area contributed by atoms with Crippen molar-refractivity contribution in [3.63, 3.8) is 0 Å². The summed E-state index contributed by atoms with van der Waals surface area (Å²) in [5.74, 6) is 0.959. The van der Waals surface area contributed by atoms with Gasteiger partial charge in [0.05, 0.1) is 18.1 Å². The summed E-state index contributed by atoms with van der Waals surface area (Å²) in [7, 11) is 1.69. The van der Waals surface area contributed by atoms with Crippen LogP contribution >= 0.6 is 0 Å². The number of aromatic amines is 1. The number of piperidine rings is 1. The van der Waals surface area contributed by atoms with Gasteiger partial charge in [0.15, 0.2) is 0 Å². The molecule has 1 aliphatic heterocycles. The van der Waals surface area contributed by atoms with Gasteiger partial charge in [-0.3, -0.25) is 10.1 Å². The van der Waals surface area contributed by atoms with Crippen LogP contribution in [0.4, 0.5) is 5.95 Å². The lowest BCUT2D eigenvalue weighted by Crippen LogP contribution is -2.34. The number of imidazole rings is 1. The molecule has 0 radical (unpaired) electrons. The molecule has 0 bridgehead atoms. The van der Waals surface area contributed by atoms with Gasteiger partial charge in [0.25, 0.3) is 0 Å². The minimum absolute atomic E-state index is 0.0184. The molecule has 0 spiro atoms. The molecule has 1 aromatic carbocycles. The Morgan fingerprint density at radius 1 is 1.43 bits per heavy atom. The average molecular weight is 288 g/mol. The highest BCUT2D eigenvalue weighted by molar-refractivity contribution is 5.91. The van der Waals surface area contributed by atoms with Crippen LogP contribution in [0.1, 0.15) is 19.3 Å². The van der Waals surface area contributed by atoms with Crippen molar-refractivity contribution in [3.05, 3.63) is 24.3 Å². The first-order valence-electron chi connectivity index (χ1n) is 7.28. The number of hydroxylamine groups is 2. The molecular weight excluding hydrogens is 268 g/mol. The number of nitrogens with one attached hydrogen (secondary N) is 2. The van der Waals surface area contributed by atoms with E-state index in [2.05, 4.69) is 15.3 Å². The van der Waals surface area contributed by atoms with Gasteiger partial charge in [0.1, 0.15) is 0 Å². The molecule has 2 aromatic rings. The van der Waals surface area contributed by atoms with Crippen LogP contribution in [0.15, 0.2) is 24.3 Å². The molecule has 112 valence electrons. The van der Waals surface area contributed by atoms with Crippen molar-refractivity contribution in [1.82, 2.24) is 15.0 Å². The molecule has 1 aromatic heterocycles. The molecule has 0 atom stereocenters. The van der Waals surface area contributed by atoms with E-state index in [4.69, 9.17) is 4.84 Å². The van der Waals surface area contributed by atoms with Crippen molar-refractivity contribution in [3.8, 4) is 0 Å². The van der Waals surface area contributed by atoms with Gasteiger partial charge in [-0.2, -0.15) is 5.06 Å². The van der Waals surface area contributed by atoms with Crippen LogP contribution in [0.3, 0.4) is 0 Å². The molecule has 0 saturated carbocycles. The molecule has 2 N–H and O–H groups in total. The number of carbonyl (C=O) groups is 1. The van der Waals surface area contributed by atoms with Crippen molar-refractivity contribution in [2.24, 2.45) is 5.92 Å². The van der Waals surface area contributed by atoms with E-state index in [0.29, 0.717) is 18.3 Å². The number of fused-ring (bicyclic) bond motifs is 1. The predicted molar refractivity (Wildman–Crippen MR) is 80.6 cm³/mol. The summed E-state index contributed by atoms with van der Waals surface area (Å²) in [4.78, 5) is 24.7. The number of para-hydroxylation sites is 2. The van der Waals surface area contributed by atoms with E-state index >= 15 is 0 Å². The lowest BCUT2D eigenvalue weighted by molar-refractivity contribution is -0.149. The van der Waals surface area contributed by atoms with E-state index in [1.54, 1.807) is 7.11 Å². The third-order valence-electron chi connectivity index (χ3n) is 3.95.